The topological polar surface area (TPSA) is 125 Å². The molecular formula is C19H20N2O6S. The molecule has 9 heteroatoms. The number of hydrogen-bond donors (Lipinski definition) is 2. The lowest BCUT2D eigenvalue weighted by Gasteiger charge is -2.12. The van der Waals surface area contributed by atoms with Gasteiger partial charge in [0.05, 0.1) is 12.0 Å². The van der Waals surface area contributed by atoms with Gasteiger partial charge in [-0.3, -0.25) is 4.79 Å². The molecule has 0 heterocycles. The number of primary sulfonamides is 1. The van der Waals surface area contributed by atoms with E-state index in [0.29, 0.717) is 11.4 Å². The third-order valence-corrected chi connectivity index (χ3v) is 4.55. The van der Waals surface area contributed by atoms with E-state index in [2.05, 4.69) is 5.32 Å². The Morgan fingerprint density at radius 1 is 1.14 bits per heavy atom. The number of carbonyl (C=O) groups is 2. The Bertz CT molecular complexity index is 984. The molecule has 0 saturated heterocycles. The van der Waals surface area contributed by atoms with Gasteiger partial charge in [-0.15, -0.1) is 0 Å². The first-order chi connectivity index (χ1) is 13.2. The van der Waals surface area contributed by atoms with Gasteiger partial charge in [-0.2, -0.15) is 0 Å². The summed E-state index contributed by atoms with van der Waals surface area (Å²) in [4.78, 5) is 23.9. The molecule has 148 valence electrons. The lowest BCUT2D eigenvalue weighted by molar-refractivity contribution is -0.148. The van der Waals surface area contributed by atoms with Crippen LogP contribution in [0.4, 0.5) is 5.69 Å². The van der Waals surface area contributed by atoms with E-state index in [0.717, 1.165) is 5.56 Å². The van der Waals surface area contributed by atoms with Crippen molar-refractivity contribution in [3.8, 4) is 5.75 Å². The largest absolute Gasteiger partial charge is 0.497 e. The number of esters is 1. The summed E-state index contributed by atoms with van der Waals surface area (Å²) in [6.07, 6.45) is 1.70. The van der Waals surface area contributed by atoms with Crippen LogP contribution in [0, 0.1) is 0 Å². The van der Waals surface area contributed by atoms with E-state index in [-0.39, 0.29) is 4.90 Å². The number of rotatable bonds is 7. The van der Waals surface area contributed by atoms with Gasteiger partial charge < -0.3 is 14.8 Å². The molecule has 8 nitrogen and oxygen atoms in total. The number of ether oxygens (including phenoxy) is 2. The van der Waals surface area contributed by atoms with Crippen LogP contribution in [0.15, 0.2) is 59.5 Å². The number of nitrogens with one attached hydrogen (secondary N) is 1. The lowest BCUT2D eigenvalue weighted by atomic mass is 10.2. The van der Waals surface area contributed by atoms with Gasteiger partial charge in [0.2, 0.25) is 10.0 Å². The molecule has 2 rings (SSSR count). The van der Waals surface area contributed by atoms with Crippen LogP contribution in [0.3, 0.4) is 0 Å². The number of anilines is 1. The van der Waals surface area contributed by atoms with Crippen molar-refractivity contribution in [3.05, 3.63) is 60.2 Å². The highest BCUT2D eigenvalue weighted by Crippen LogP contribution is 2.15. The van der Waals surface area contributed by atoms with E-state index >= 15 is 0 Å². The maximum Gasteiger partial charge on any atom is 0.331 e. The summed E-state index contributed by atoms with van der Waals surface area (Å²) in [5.74, 6) is -0.599. The molecule has 28 heavy (non-hydrogen) atoms. The van der Waals surface area contributed by atoms with Crippen LogP contribution >= 0.6 is 0 Å². The summed E-state index contributed by atoms with van der Waals surface area (Å²) in [5, 5.41) is 7.53. The molecule has 0 unspecified atom stereocenters. The lowest BCUT2D eigenvalue weighted by Crippen LogP contribution is -2.29. The van der Waals surface area contributed by atoms with Crippen molar-refractivity contribution in [1.82, 2.24) is 0 Å². The quantitative estimate of drug-likeness (QED) is 0.537. The van der Waals surface area contributed by atoms with Crippen molar-refractivity contribution in [2.24, 2.45) is 5.14 Å². The van der Waals surface area contributed by atoms with Gasteiger partial charge in [-0.05, 0) is 55.0 Å². The van der Waals surface area contributed by atoms with E-state index in [1.54, 1.807) is 37.5 Å². The Morgan fingerprint density at radius 2 is 1.82 bits per heavy atom. The molecule has 1 amide bonds. The minimum absolute atomic E-state index is 0.0762. The van der Waals surface area contributed by atoms with Crippen molar-refractivity contribution in [2.45, 2.75) is 17.9 Å². The van der Waals surface area contributed by atoms with Crippen molar-refractivity contribution in [1.29, 1.82) is 0 Å². The molecule has 0 saturated carbocycles. The molecule has 0 radical (unpaired) electrons. The second-order valence-corrected chi connectivity index (χ2v) is 7.31. The summed E-state index contributed by atoms with van der Waals surface area (Å²) in [6, 6.07) is 12.4. The molecule has 0 aliphatic carbocycles. The normalized spacial score (nSPS) is 12.4. The van der Waals surface area contributed by atoms with E-state index in [1.807, 2.05) is 0 Å². The van der Waals surface area contributed by atoms with Crippen LogP contribution in [0.2, 0.25) is 0 Å². The Morgan fingerprint density at radius 3 is 2.43 bits per heavy atom. The second kappa shape index (κ2) is 9.16. The molecule has 0 aromatic heterocycles. The highest BCUT2D eigenvalue weighted by Gasteiger charge is 2.17. The van der Waals surface area contributed by atoms with Crippen LogP contribution < -0.4 is 15.2 Å². The SMILES string of the molecule is COc1cccc(/C=C/C(=O)O[C@@H](C)C(=O)Nc2ccc(S(N)(=O)=O)cc2)c1. The number of amides is 1. The van der Waals surface area contributed by atoms with E-state index in [4.69, 9.17) is 14.6 Å². The molecule has 0 fully saturated rings. The van der Waals surface area contributed by atoms with E-state index < -0.39 is 28.0 Å². The average molecular weight is 404 g/mol. The fraction of sp³-hybridized carbons (Fsp3) is 0.158. The van der Waals surface area contributed by atoms with Crippen molar-refractivity contribution < 1.29 is 27.5 Å². The maximum absolute atomic E-state index is 12.1. The van der Waals surface area contributed by atoms with Crippen molar-refractivity contribution in [2.75, 3.05) is 12.4 Å². The van der Waals surface area contributed by atoms with E-state index in [9.17, 15) is 18.0 Å². The maximum atomic E-state index is 12.1. The fourth-order valence-electron chi connectivity index (χ4n) is 2.15. The number of nitrogens with two attached hydrogens (primary N) is 1. The molecule has 3 N–H and O–H groups in total. The molecule has 0 aliphatic rings. The molecule has 0 spiro atoms. The zero-order valence-corrected chi connectivity index (χ0v) is 16.1. The van der Waals surface area contributed by atoms with Crippen LogP contribution in [0.5, 0.6) is 5.75 Å². The van der Waals surface area contributed by atoms with Crippen LogP contribution in [0.1, 0.15) is 12.5 Å². The Labute approximate surface area is 163 Å². The van der Waals surface area contributed by atoms with Gasteiger partial charge in [0.25, 0.3) is 5.91 Å². The van der Waals surface area contributed by atoms with Crippen LogP contribution in [-0.2, 0) is 24.3 Å². The minimum Gasteiger partial charge on any atom is -0.497 e. The summed E-state index contributed by atoms with van der Waals surface area (Å²) in [7, 11) is -2.27. The summed E-state index contributed by atoms with van der Waals surface area (Å²) in [5.41, 5.74) is 1.08. The Hall–Kier alpha value is -3.17. The molecule has 2 aromatic rings. The average Bonchev–Trinajstić information content (AvgIpc) is 2.66. The zero-order chi connectivity index (χ0) is 20.7. The van der Waals surface area contributed by atoms with Gasteiger partial charge in [0.1, 0.15) is 5.75 Å². The number of carbonyl (C=O) groups excluding carboxylic acids is 2. The summed E-state index contributed by atoms with van der Waals surface area (Å²) in [6.45, 7) is 1.42. The summed E-state index contributed by atoms with van der Waals surface area (Å²) < 4.78 is 32.6. The molecule has 2 aromatic carbocycles. The highest BCUT2D eigenvalue weighted by atomic mass is 32.2. The van der Waals surface area contributed by atoms with Crippen molar-refractivity contribution >= 4 is 33.7 Å². The fourth-order valence-corrected chi connectivity index (χ4v) is 2.66. The van der Waals surface area contributed by atoms with Crippen LogP contribution in [-0.4, -0.2) is 33.5 Å². The first-order valence-corrected chi connectivity index (χ1v) is 9.70. The molecular weight excluding hydrogens is 384 g/mol. The molecule has 1 atom stereocenters. The molecule has 0 bridgehead atoms. The number of benzene rings is 2. The zero-order valence-electron chi connectivity index (χ0n) is 15.3. The number of methoxy groups -OCH3 is 1. The van der Waals surface area contributed by atoms with Gasteiger partial charge in [-0.1, -0.05) is 12.1 Å². The number of sulfonamides is 1. The summed E-state index contributed by atoms with van der Waals surface area (Å²) >= 11 is 0. The van der Waals surface area contributed by atoms with Crippen molar-refractivity contribution in [3.63, 3.8) is 0 Å². The van der Waals surface area contributed by atoms with Gasteiger partial charge >= 0.3 is 5.97 Å². The monoisotopic (exact) mass is 404 g/mol. The Balaban J connectivity index is 1.92. The number of hydrogen-bond acceptors (Lipinski definition) is 6. The van der Waals surface area contributed by atoms with Gasteiger partial charge in [0, 0.05) is 11.8 Å². The third-order valence-electron chi connectivity index (χ3n) is 3.62. The van der Waals surface area contributed by atoms with E-state index in [1.165, 1.54) is 37.3 Å². The van der Waals surface area contributed by atoms with Gasteiger partial charge in [-0.25, -0.2) is 18.4 Å². The standard InChI is InChI=1S/C19H20N2O6S/c1-13(19(23)21-15-7-9-17(10-8-15)28(20,24)25)27-18(22)11-6-14-4-3-5-16(12-14)26-2/h3-13H,1-2H3,(H,21,23)(H2,20,24,25)/b11-6+/t13-/m0/s1. The van der Waals surface area contributed by atoms with Crippen LogP contribution in [0.25, 0.3) is 6.08 Å². The Kier molecular flexibility index (Phi) is 6.91. The second-order valence-electron chi connectivity index (χ2n) is 5.75. The predicted molar refractivity (Wildman–Crippen MR) is 104 cm³/mol. The van der Waals surface area contributed by atoms with Gasteiger partial charge in [0.15, 0.2) is 6.10 Å². The predicted octanol–water partition coefficient (Wildman–Crippen LogP) is 1.93. The molecule has 0 aliphatic heterocycles. The minimum atomic E-state index is -3.81. The first-order valence-electron chi connectivity index (χ1n) is 8.15. The smallest absolute Gasteiger partial charge is 0.331 e. The highest BCUT2D eigenvalue weighted by molar-refractivity contribution is 7.89. The third kappa shape index (κ3) is 6.22. The first kappa shape index (κ1) is 21.1.